The maximum atomic E-state index is 12.3. The fourth-order valence-corrected chi connectivity index (χ4v) is 5.19. The molecule has 1 aliphatic rings. The molecule has 1 fully saturated rings. The van der Waals surface area contributed by atoms with Gasteiger partial charge in [-0.1, -0.05) is 19.8 Å². The first-order chi connectivity index (χ1) is 9.03. The number of hydrogen-bond donors (Lipinski definition) is 2. The van der Waals surface area contributed by atoms with Gasteiger partial charge in [0, 0.05) is 22.8 Å². The fourth-order valence-electron chi connectivity index (χ4n) is 2.53. The van der Waals surface area contributed by atoms with Gasteiger partial charge in [0.05, 0.1) is 4.90 Å². The zero-order valence-corrected chi connectivity index (χ0v) is 13.1. The van der Waals surface area contributed by atoms with Gasteiger partial charge < -0.3 is 5.32 Å². The molecule has 0 bridgehead atoms. The lowest BCUT2D eigenvalue weighted by Crippen LogP contribution is -2.40. The number of thiophene rings is 1. The van der Waals surface area contributed by atoms with Crippen LogP contribution < -0.4 is 10.0 Å². The van der Waals surface area contributed by atoms with Crippen molar-refractivity contribution >= 4 is 21.4 Å². The summed E-state index contributed by atoms with van der Waals surface area (Å²) < 4.78 is 27.6. The zero-order valence-electron chi connectivity index (χ0n) is 11.5. The lowest BCUT2D eigenvalue weighted by atomic mass is 9.87. The molecular formula is C13H22N2O2S2. The molecule has 0 spiro atoms. The molecule has 0 aromatic carbocycles. The van der Waals surface area contributed by atoms with E-state index in [1.165, 1.54) is 17.8 Å². The molecule has 0 amide bonds. The quantitative estimate of drug-likeness (QED) is 0.877. The van der Waals surface area contributed by atoms with Gasteiger partial charge in [0.15, 0.2) is 0 Å². The van der Waals surface area contributed by atoms with E-state index in [2.05, 4.69) is 17.0 Å². The smallest absolute Gasteiger partial charge is 0.241 e. The monoisotopic (exact) mass is 302 g/mol. The van der Waals surface area contributed by atoms with Crippen LogP contribution in [0.15, 0.2) is 16.3 Å². The number of sulfonamides is 1. The van der Waals surface area contributed by atoms with Crippen LogP contribution >= 0.6 is 11.3 Å². The lowest BCUT2D eigenvalue weighted by molar-refractivity contribution is 0.310. The second-order valence-corrected chi connectivity index (χ2v) is 7.98. The molecule has 0 radical (unpaired) electrons. The van der Waals surface area contributed by atoms with E-state index in [1.807, 2.05) is 7.05 Å². The molecular weight excluding hydrogens is 280 g/mol. The first kappa shape index (κ1) is 15.0. The number of rotatable bonds is 5. The maximum absolute atomic E-state index is 12.3. The van der Waals surface area contributed by atoms with E-state index in [0.29, 0.717) is 17.4 Å². The van der Waals surface area contributed by atoms with Crippen LogP contribution in [0.1, 0.15) is 37.5 Å². The predicted octanol–water partition coefficient (Wildman–Crippen LogP) is 2.32. The van der Waals surface area contributed by atoms with E-state index in [0.717, 1.165) is 24.1 Å². The van der Waals surface area contributed by atoms with E-state index in [4.69, 9.17) is 0 Å². The summed E-state index contributed by atoms with van der Waals surface area (Å²) in [7, 11) is -1.50. The van der Waals surface area contributed by atoms with Crippen LogP contribution in [0.5, 0.6) is 0 Å². The van der Waals surface area contributed by atoms with Crippen molar-refractivity contribution in [3.63, 3.8) is 0 Å². The molecule has 1 heterocycles. The number of hydrogen-bond acceptors (Lipinski definition) is 4. The van der Waals surface area contributed by atoms with E-state index < -0.39 is 10.0 Å². The fraction of sp³-hybridized carbons (Fsp3) is 0.692. The van der Waals surface area contributed by atoms with Gasteiger partial charge >= 0.3 is 0 Å². The normalized spacial score (nSPS) is 24.5. The van der Waals surface area contributed by atoms with Gasteiger partial charge in [0.1, 0.15) is 0 Å². The van der Waals surface area contributed by atoms with Crippen LogP contribution in [0, 0.1) is 5.92 Å². The second kappa shape index (κ2) is 6.35. The first-order valence-corrected chi connectivity index (χ1v) is 9.13. The molecule has 0 saturated heterocycles. The Hall–Kier alpha value is -0.430. The summed E-state index contributed by atoms with van der Waals surface area (Å²) in [6.07, 6.45) is 4.39. The average molecular weight is 302 g/mol. The van der Waals surface area contributed by atoms with Crippen LogP contribution in [0.3, 0.4) is 0 Å². The summed E-state index contributed by atoms with van der Waals surface area (Å²) >= 11 is 1.48. The molecule has 1 saturated carbocycles. The maximum Gasteiger partial charge on any atom is 0.241 e. The summed E-state index contributed by atoms with van der Waals surface area (Å²) in [6.45, 7) is 2.84. The third-order valence-electron chi connectivity index (χ3n) is 3.71. The molecule has 2 unspecified atom stereocenters. The number of nitrogens with one attached hydrogen (secondary N) is 2. The Balaban J connectivity index is 2.08. The summed E-state index contributed by atoms with van der Waals surface area (Å²) in [6, 6.07) is 1.85. The Bertz CT molecular complexity index is 510. The van der Waals surface area contributed by atoms with E-state index in [-0.39, 0.29) is 6.04 Å². The van der Waals surface area contributed by atoms with Gasteiger partial charge in [0.2, 0.25) is 10.0 Å². The molecule has 0 aliphatic heterocycles. The molecule has 1 aromatic heterocycles. The third kappa shape index (κ3) is 3.78. The van der Waals surface area contributed by atoms with Gasteiger partial charge in [-0.15, -0.1) is 11.3 Å². The van der Waals surface area contributed by atoms with Crippen molar-refractivity contribution in [2.45, 2.75) is 50.1 Å². The third-order valence-corrected chi connectivity index (χ3v) is 6.26. The lowest BCUT2D eigenvalue weighted by Gasteiger charge is -2.29. The van der Waals surface area contributed by atoms with E-state index in [9.17, 15) is 8.42 Å². The van der Waals surface area contributed by atoms with E-state index >= 15 is 0 Å². The van der Waals surface area contributed by atoms with Crippen molar-refractivity contribution in [3.05, 3.63) is 16.3 Å². The Morgan fingerprint density at radius 3 is 2.79 bits per heavy atom. The van der Waals surface area contributed by atoms with Gasteiger partial charge in [-0.05, 0) is 31.9 Å². The van der Waals surface area contributed by atoms with Gasteiger partial charge in [-0.2, -0.15) is 0 Å². The van der Waals surface area contributed by atoms with Gasteiger partial charge in [0.25, 0.3) is 0 Å². The van der Waals surface area contributed by atoms with Crippen molar-refractivity contribution < 1.29 is 8.42 Å². The van der Waals surface area contributed by atoms with E-state index in [1.54, 1.807) is 11.4 Å². The Kier molecular flexibility index (Phi) is 5.00. The highest BCUT2D eigenvalue weighted by Crippen LogP contribution is 2.26. The zero-order chi connectivity index (χ0) is 13.9. The summed E-state index contributed by atoms with van der Waals surface area (Å²) in [5, 5.41) is 4.76. The standard InChI is InChI=1S/C13H22N2O2S2/c1-10-5-3-4-6-13(10)15-19(16,17)12-7-11(8-14-2)18-9-12/h7,9-10,13-15H,3-6,8H2,1-2H3. The molecule has 2 N–H and O–H groups in total. The molecule has 2 atom stereocenters. The highest BCUT2D eigenvalue weighted by molar-refractivity contribution is 7.89. The first-order valence-electron chi connectivity index (χ1n) is 6.77. The molecule has 1 aromatic rings. The van der Waals surface area contributed by atoms with Crippen molar-refractivity contribution in [3.8, 4) is 0 Å². The van der Waals surface area contributed by atoms with Gasteiger partial charge in [-0.3, -0.25) is 0 Å². The van der Waals surface area contributed by atoms with Crippen LogP contribution in [-0.4, -0.2) is 21.5 Å². The second-order valence-electron chi connectivity index (χ2n) is 5.27. The van der Waals surface area contributed by atoms with Crippen molar-refractivity contribution in [1.82, 2.24) is 10.0 Å². The molecule has 6 heteroatoms. The molecule has 1 aliphatic carbocycles. The highest BCUT2D eigenvalue weighted by Gasteiger charge is 2.27. The topological polar surface area (TPSA) is 58.2 Å². The van der Waals surface area contributed by atoms with Crippen LogP contribution in [0.25, 0.3) is 0 Å². The minimum absolute atomic E-state index is 0.0893. The molecule has 2 rings (SSSR count). The van der Waals surface area contributed by atoms with Crippen molar-refractivity contribution in [2.75, 3.05) is 7.05 Å². The predicted molar refractivity (Wildman–Crippen MR) is 78.8 cm³/mol. The minimum Gasteiger partial charge on any atom is -0.315 e. The van der Waals surface area contributed by atoms with Gasteiger partial charge in [-0.25, -0.2) is 13.1 Å². The largest absolute Gasteiger partial charge is 0.315 e. The highest BCUT2D eigenvalue weighted by atomic mass is 32.2. The SMILES string of the molecule is CNCc1cc(S(=O)(=O)NC2CCCCC2C)cs1. The summed E-state index contributed by atoms with van der Waals surface area (Å²) in [5.41, 5.74) is 0. The van der Waals surface area contributed by atoms with Crippen LogP contribution in [0.4, 0.5) is 0 Å². The average Bonchev–Trinajstić information content (AvgIpc) is 2.82. The molecule has 19 heavy (non-hydrogen) atoms. The Morgan fingerprint density at radius 2 is 2.11 bits per heavy atom. The van der Waals surface area contributed by atoms with Crippen LogP contribution in [-0.2, 0) is 16.6 Å². The van der Waals surface area contributed by atoms with Crippen molar-refractivity contribution in [2.24, 2.45) is 5.92 Å². The summed E-state index contributed by atoms with van der Waals surface area (Å²) in [4.78, 5) is 1.44. The van der Waals surface area contributed by atoms with Crippen LogP contribution in [0.2, 0.25) is 0 Å². The van der Waals surface area contributed by atoms with Crippen molar-refractivity contribution in [1.29, 1.82) is 0 Å². The molecule has 4 nitrogen and oxygen atoms in total. The Morgan fingerprint density at radius 1 is 1.37 bits per heavy atom. The Labute approximate surface area is 119 Å². The minimum atomic E-state index is -3.36. The molecule has 108 valence electrons. The summed E-state index contributed by atoms with van der Waals surface area (Å²) in [5.74, 6) is 0.430.